The number of amides is 1. The topological polar surface area (TPSA) is 64.4 Å². The molecule has 0 bridgehead atoms. The number of rotatable bonds is 6. The molecule has 3 rings (SSSR count). The maximum atomic E-state index is 13.3. The summed E-state index contributed by atoms with van der Waals surface area (Å²) in [6.07, 6.45) is -5.88. The van der Waals surface area contributed by atoms with Gasteiger partial charge in [0, 0.05) is 13.6 Å². The Morgan fingerprint density at radius 2 is 1.73 bits per heavy atom. The third kappa shape index (κ3) is 4.79. The summed E-state index contributed by atoms with van der Waals surface area (Å²) in [6, 6.07) is 15.2. The van der Waals surface area contributed by atoms with Crippen molar-refractivity contribution >= 4 is 22.9 Å². The number of likely N-dealkylation sites (N-methyl/N-ethyl adjacent to an activating group) is 1. The van der Waals surface area contributed by atoms with Crippen LogP contribution >= 0.6 is 0 Å². The van der Waals surface area contributed by atoms with Crippen molar-refractivity contribution < 1.29 is 27.5 Å². The zero-order chi connectivity index (χ0) is 21.9. The summed E-state index contributed by atoms with van der Waals surface area (Å²) in [6.45, 7) is 0.986. The molecule has 1 aromatic heterocycles. The van der Waals surface area contributed by atoms with Crippen molar-refractivity contribution in [3.63, 3.8) is 0 Å². The number of ether oxygens (including phenoxy) is 1. The van der Waals surface area contributed by atoms with Crippen LogP contribution in [0.3, 0.4) is 0 Å². The summed E-state index contributed by atoms with van der Waals surface area (Å²) in [7, 11) is 1.56. The van der Waals surface area contributed by atoms with Gasteiger partial charge >= 0.3 is 12.1 Å². The van der Waals surface area contributed by atoms with Crippen molar-refractivity contribution in [2.45, 2.75) is 32.3 Å². The first-order chi connectivity index (χ1) is 14.2. The fourth-order valence-corrected chi connectivity index (χ4v) is 3.11. The first-order valence-electron chi connectivity index (χ1n) is 9.17. The molecule has 6 nitrogen and oxygen atoms in total. The Balaban J connectivity index is 1.70. The number of aromatic nitrogens is 2. The van der Waals surface area contributed by atoms with Gasteiger partial charge in [-0.3, -0.25) is 9.59 Å². The summed E-state index contributed by atoms with van der Waals surface area (Å²) in [5, 5.41) is 0. The highest BCUT2D eigenvalue weighted by Gasteiger charge is 2.38. The minimum absolute atomic E-state index is 0.115. The number of benzene rings is 2. The number of halogens is 3. The Morgan fingerprint density at radius 3 is 2.40 bits per heavy atom. The highest BCUT2D eigenvalue weighted by atomic mass is 19.4. The molecule has 0 aliphatic rings. The van der Waals surface area contributed by atoms with E-state index in [0.717, 1.165) is 10.1 Å². The van der Waals surface area contributed by atoms with E-state index in [2.05, 4.69) is 4.98 Å². The lowest BCUT2D eigenvalue weighted by Crippen LogP contribution is -2.37. The van der Waals surface area contributed by atoms with E-state index in [-0.39, 0.29) is 11.0 Å². The number of nitrogens with zero attached hydrogens (tertiary/aromatic N) is 3. The van der Waals surface area contributed by atoms with Crippen LogP contribution in [-0.2, 0) is 33.6 Å². The molecule has 0 aliphatic heterocycles. The summed E-state index contributed by atoms with van der Waals surface area (Å²) in [4.78, 5) is 29.8. The van der Waals surface area contributed by atoms with E-state index >= 15 is 0 Å². The molecule has 0 fully saturated rings. The second-order valence-corrected chi connectivity index (χ2v) is 6.82. The molecule has 1 heterocycles. The van der Waals surface area contributed by atoms with Crippen LogP contribution < -0.4 is 0 Å². The first-order valence-corrected chi connectivity index (χ1v) is 9.17. The number of para-hydroxylation sites is 2. The lowest BCUT2D eigenvalue weighted by atomic mass is 10.2. The molecule has 158 valence electrons. The standard InChI is InChI=1S/C21H20F3N3O3/c1-14(19(29)26(2)12-15-8-4-3-5-9-15)30-18(28)13-27-17-11-7-6-10-16(17)25-20(27)21(22,23)24/h3-11,14H,12-13H2,1-2H3/t14-/m1/s1. The Morgan fingerprint density at radius 1 is 1.10 bits per heavy atom. The van der Waals surface area contributed by atoms with E-state index in [1.54, 1.807) is 19.2 Å². The number of imidazole rings is 1. The quantitative estimate of drug-likeness (QED) is 0.573. The Bertz CT molecular complexity index is 1050. The average molecular weight is 419 g/mol. The lowest BCUT2D eigenvalue weighted by molar-refractivity contribution is -0.160. The van der Waals surface area contributed by atoms with E-state index in [4.69, 9.17) is 4.74 Å². The van der Waals surface area contributed by atoms with Gasteiger partial charge in [0.15, 0.2) is 6.10 Å². The SMILES string of the molecule is C[C@@H](OC(=O)Cn1c(C(F)(F)F)nc2ccccc21)C(=O)N(C)Cc1ccccc1. The molecule has 1 amide bonds. The minimum Gasteiger partial charge on any atom is -0.451 e. The van der Waals surface area contributed by atoms with Crippen LogP contribution in [0.4, 0.5) is 13.2 Å². The summed E-state index contributed by atoms with van der Waals surface area (Å²) in [5.41, 5.74) is 1.16. The third-order valence-corrected chi connectivity index (χ3v) is 4.49. The van der Waals surface area contributed by atoms with E-state index in [0.29, 0.717) is 6.54 Å². The summed E-state index contributed by atoms with van der Waals surface area (Å²) >= 11 is 0. The molecule has 0 radical (unpaired) electrons. The predicted octanol–water partition coefficient (Wildman–Crippen LogP) is 3.65. The fourth-order valence-electron chi connectivity index (χ4n) is 3.11. The molecule has 2 aromatic carbocycles. The summed E-state index contributed by atoms with van der Waals surface area (Å²) in [5.74, 6) is -2.61. The van der Waals surface area contributed by atoms with Crippen LogP contribution in [0.25, 0.3) is 11.0 Å². The van der Waals surface area contributed by atoms with Crippen molar-refractivity contribution in [1.82, 2.24) is 14.5 Å². The van der Waals surface area contributed by atoms with E-state index in [1.165, 1.54) is 24.0 Å². The molecule has 0 aliphatic carbocycles. The van der Waals surface area contributed by atoms with Crippen LogP contribution in [0, 0.1) is 0 Å². The van der Waals surface area contributed by atoms with E-state index < -0.39 is 36.5 Å². The molecule has 30 heavy (non-hydrogen) atoms. The van der Waals surface area contributed by atoms with Gasteiger partial charge in [-0.15, -0.1) is 0 Å². The smallest absolute Gasteiger partial charge is 0.449 e. The van der Waals surface area contributed by atoms with Gasteiger partial charge in [0.1, 0.15) is 6.54 Å². The second-order valence-electron chi connectivity index (χ2n) is 6.82. The number of hydrogen-bond donors (Lipinski definition) is 0. The number of esters is 1. The molecular formula is C21H20F3N3O3. The lowest BCUT2D eigenvalue weighted by Gasteiger charge is -2.22. The van der Waals surface area contributed by atoms with Gasteiger partial charge < -0.3 is 14.2 Å². The summed E-state index contributed by atoms with van der Waals surface area (Å²) < 4.78 is 45.9. The van der Waals surface area contributed by atoms with Crippen LogP contribution in [0.15, 0.2) is 54.6 Å². The molecule has 0 saturated heterocycles. The van der Waals surface area contributed by atoms with Gasteiger partial charge in [-0.1, -0.05) is 42.5 Å². The average Bonchev–Trinajstić information content (AvgIpc) is 3.07. The van der Waals surface area contributed by atoms with Crippen molar-refractivity contribution in [1.29, 1.82) is 0 Å². The van der Waals surface area contributed by atoms with Crippen molar-refractivity contribution in [2.24, 2.45) is 0 Å². The maximum absolute atomic E-state index is 13.3. The maximum Gasteiger partial charge on any atom is 0.449 e. The van der Waals surface area contributed by atoms with Crippen molar-refractivity contribution in [3.05, 3.63) is 66.0 Å². The highest BCUT2D eigenvalue weighted by molar-refractivity contribution is 5.84. The molecule has 3 aromatic rings. The Kier molecular flexibility index (Phi) is 6.09. The third-order valence-electron chi connectivity index (χ3n) is 4.49. The molecule has 1 atom stereocenters. The second kappa shape index (κ2) is 8.56. The van der Waals surface area contributed by atoms with Gasteiger partial charge in [-0.25, -0.2) is 4.98 Å². The molecule has 0 spiro atoms. The zero-order valence-electron chi connectivity index (χ0n) is 16.4. The number of carbonyl (C=O) groups excluding carboxylic acids is 2. The molecule has 0 unspecified atom stereocenters. The van der Waals surface area contributed by atoms with Gasteiger partial charge in [0.25, 0.3) is 5.91 Å². The number of fused-ring (bicyclic) bond motifs is 1. The number of alkyl halides is 3. The zero-order valence-corrected chi connectivity index (χ0v) is 16.4. The van der Waals surface area contributed by atoms with Gasteiger partial charge in [-0.05, 0) is 24.6 Å². The van der Waals surface area contributed by atoms with Gasteiger partial charge in [0.2, 0.25) is 5.82 Å². The van der Waals surface area contributed by atoms with Crippen LogP contribution in [0.2, 0.25) is 0 Å². The highest BCUT2D eigenvalue weighted by Crippen LogP contribution is 2.31. The Labute approximate surface area is 170 Å². The van der Waals surface area contributed by atoms with Gasteiger partial charge in [0.05, 0.1) is 11.0 Å². The predicted molar refractivity (Wildman–Crippen MR) is 103 cm³/mol. The fraction of sp³-hybridized carbons (Fsp3) is 0.286. The number of hydrogen-bond acceptors (Lipinski definition) is 4. The van der Waals surface area contributed by atoms with Gasteiger partial charge in [-0.2, -0.15) is 13.2 Å². The molecular weight excluding hydrogens is 399 g/mol. The van der Waals surface area contributed by atoms with Crippen molar-refractivity contribution in [2.75, 3.05) is 7.05 Å². The minimum atomic E-state index is -4.74. The van der Waals surface area contributed by atoms with Crippen LogP contribution in [0.5, 0.6) is 0 Å². The monoisotopic (exact) mass is 419 g/mol. The number of carbonyl (C=O) groups is 2. The van der Waals surface area contributed by atoms with E-state index in [9.17, 15) is 22.8 Å². The Hall–Kier alpha value is -3.36. The normalized spacial score (nSPS) is 12.6. The van der Waals surface area contributed by atoms with E-state index in [1.807, 2.05) is 30.3 Å². The molecule has 9 heteroatoms. The molecule has 0 N–H and O–H groups in total. The van der Waals surface area contributed by atoms with Crippen LogP contribution in [0.1, 0.15) is 18.3 Å². The largest absolute Gasteiger partial charge is 0.451 e. The van der Waals surface area contributed by atoms with Crippen molar-refractivity contribution in [3.8, 4) is 0 Å². The molecule has 0 saturated carbocycles. The first kappa shape index (κ1) is 21.4. The van der Waals surface area contributed by atoms with Crippen LogP contribution in [-0.4, -0.2) is 39.5 Å².